The van der Waals surface area contributed by atoms with Crippen molar-refractivity contribution in [1.29, 1.82) is 0 Å². The van der Waals surface area contributed by atoms with Gasteiger partial charge < -0.3 is 8.83 Å². The minimum Gasteiger partial charge on any atom is -0.456 e. The van der Waals surface area contributed by atoms with Gasteiger partial charge in [-0.2, -0.15) is 9.97 Å². The molecule has 0 fully saturated rings. The number of aromatic nitrogens is 4. The number of ketones is 1. The number of hydrogen-bond acceptors (Lipinski definition) is 6. The summed E-state index contributed by atoms with van der Waals surface area (Å²) in [7, 11) is 0. The zero-order valence-electron chi connectivity index (χ0n) is 27.7. The first-order valence-electron chi connectivity index (χ1n) is 16.4. The van der Waals surface area contributed by atoms with Gasteiger partial charge in [-0.05, 0) is 73.0 Å². The van der Waals surface area contributed by atoms with E-state index in [4.69, 9.17) is 23.8 Å². The highest BCUT2D eigenvalue weighted by Gasteiger charge is 2.24. The first-order chi connectivity index (χ1) is 24.4. The SMILES string of the molecule is C=Cc1oc2ccc(-c3ccc4c(c3)c(C)c(C(C)=O)n4-c3nc(-c4ccccc4)nc(-c4cccc5oc6ccccc6c45)n3)cc2c1C. The maximum absolute atomic E-state index is 13.5. The number of benzene rings is 5. The number of para-hydroxylation sites is 1. The van der Waals surface area contributed by atoms with Crippen molar-refractivity contribution >= 4 is 55.7 Å². The van der Waals surface area contributed by atoms with E-state index < -0.39 is 0 Å². The smallest absolute Gasteiger partial charge is 0.238 e. The lowest BCUT2D eigenvalue weighted by molar-refractivity contribution is 0.101. The molecule has 0 bridgehead atoms. The van der Waals surface area contributed by atoms with Crippen LogP contribution in [0.4, 0.5) is 0 Å². The summed E-state index contributed by atoms with van der Waals surface area (Å²) in [6.45, 7) is 9.50. The van der Waals surface area contributed by atoms with Crippen LogP contribution in [0.2, 0.25) is 0 Å². The summed E-state index contributed by atoms with van der Waals surface area (Å²) in [6.07, 6.45) is 1.74. The van der Waals surface area contributed by atoms with Gasteiger partial charge in [0.2, 0.25) is 5.95 Å². The van der Waals surface area contributed by atoms with Gasteiger partial charge in [0, 0.05) is 45.2 Å². The van der Waals surface area contributed by atoms with Crippen LogP contribution in [0.15, 0.2) is 125 Å². The molecule has 7 heteroatoms. The van der Waals surface area contributed by atoms with Crippen LogP contribution in [0.25, 0.3) is 89.7 Å². The number of furan rings is 2. The summed E-state index contributed by atoms with van der Waals surface area (Å²) in [5.41, 5.74) is 9.35. The standard InChI is InChI=1S/C43H30N4O3/c1-5-35-24(2)33-23-29(19-21-37(33)49-35)28-18-20-34-32(22-28)25(3)40(26(4)48)47(34)43-45-41(27-12-7-6-8-13-27)44-42(46-43)31-15-11-17-38-39(31)30-14-9-10-16-36(30)50-38/h5-23H,1H2,2-4H3. The van der Waals surface area contributed by atoms with E-state index in [1.807, 2.05) is 103 Å². The van der Waals surface area contributed by atoms with E-state index in [1.165, 1.54) is 0 Å². The van der Waals surface area contributed by atoms with E-state index in [-0.39, 0.29) is 5.78 Å². The second kappa shape index (κ2) is 11.2. The first-order valence-corrected chi connectivity index (χ1v) is 16.4. The van der Waals surface area contributed by atoms with Crippen LogP contribution in [0.5, 0.6) is 0 Å². The quantitative estimate of drug-likeness (QED) is 0.166. The maximum Gasteiger partial charge on any atom is 0.238 e. The highest BCUT2D eigenvalue weighted by atomic mass is 16.3. The number of carbonyl (C=O) groups excluding carboxylic acids is 1. The number of rotatable bonds is 6. The molecule has 4 aromatic heterocycles. The van der Waals surface area contributed by atoms with E-state index in [0.29, 0.717) is 23.3 Å². The molecule has 0 amide bonds. The molecule has 9 aromatic rings. The summed E-state index contributed by atoms with van der Waals surface area (Å²) >= 11 is 0. The Morgan fingerprint density at radius 2 is 1.36 bits per heavy atom. The second-order valence-corrected chi connectivity index (χ2v) is 12.5. The fourth-order valence-corrected chi connectivity index (χ4v) is 7.13. The monoisotopic (exact) mass is 650 g/mol. The van der Waals surface area contributed by atoms with Crippen LogP contribution in [0.1, 0.15) is 34.3 Å². The van der Waals surface area contributed by atoms with Crippen LogP contribution in [-0.4, -0.2) is 25.3 Å². The summed E-state index contributed by atoms with van der Waals surface area (Å²) < 4.78 is 14.0. The molecular formula is C43H30N4O3. The van der Waals surface area contributed by atoms with Crippen LogP contribution in [0, 0.1) is 13.8 Å². The predicted octanol–water partition coefficient (Wildman–Crippen LogP) is 10.9. The molecule has 0 aliphatic heterocycles. The van der Waals surface area contributed by atoms with Gasteiger partial charge in [-0.3, -0.25) is 9.36 Å². The number of nitrogens with zero attached hydrogens (tertiary/aromatic N) is 4. The molecule has 0 aliphatic rings. The molecule has 0 saturated carbocycles. The van der Waals surface area contributed by atoms with Crippen molar-refractivity contribution < 1.29 is 13.6 Å². The lowest BCUT2D eigenvalue weighted by atomic mass is 10.00. The minimum atomic E-state index is -0.0844. The van der Waals surface area contributed by atoms with Gasteiger partial charge in [-0.1, -0.05) is 79.4 Å². The molecule has 5 aromatic carbocycles. The average Bonchev–Trinajstić information content (AvgIpc) is 3.79. The van der Waals surface area contributed by atoms with Gasteiger partial charge in [-0.15, -0.1) is 0 Å². The molecule has 240 valence electrons. The van der Waals surface area contributed by atoms with Gasteiger partial charge in [0.25, 0.3) is 0 Å². The summed E-state index contributed by atoms with van der Waals surface area (Å²) in [5.74, 6) is 2.04. The second-order valence-electron chi connectivity index (χ2n) is 12.5. The van der Waals surface area contributed by atoms with Gasteiger partial charge in [0.05, 0.1) is 11.2 Å². The number of hydrogen-bond donors (Lipinski definition) is 0. The van der Waals surface area contributed by atoms with Gasteiger partial charge in [0.15, 0.2) is 17.4 Å². The van der Waals surface area contributed by atoms with Crippen LogP contribution in [0.3, 0.4) is 0 Å². The molecule has 9 rings (SSSR count). The number of fused-ring (bicyclic) bond motifs is 5. The van der Waals surface area contributed by atoms with Gasteiger partial charge in [-0.25, -0.2) is 4.98 Å². The number of aryl methyl sites for hydroxylation is 2. The summed E-state index contributed by atoms with van der Waals surface area (Å²) in [4.78, 5) is 28.6. The Labute approximate surface area is 287 Å². The van der Waals surface area contributed by atoms with Crippen LogP contribution in [-0.2, 0) is 0 Å². The zero-order valence-corrected chi connectivity index (χ0v) is 27.7. The van der Waals surface area contributed by atoms with Crippen molar-refractivity contribution in [3.63, 3.8) is 0 Å². The molecule has 7 nitrogen and oxygen atoms in total. The maximum atomic E-state index is 13.5. The highest BCUT2D eigenvalue weighted by molar-refractivity contribution is 6.12. The molecular weight excluding hydrogens is 620 g/mol. The third-order valence-electron chi connectivity index (χ3n) is 9.54. The molecule has 4 heterocycles. The molecule has 0 unspecified atom stereocenters. The fraction of sp³-hybridized carbons (Fsp3) is 0.0698. The molecule has 0 saturated heterocycles. The van der Waals surface area contributed by atoms with Crippen LogP contribution < -0.4 is 0 Å². The van der Waals surface area contributed by atoms with Crippen molar-refractivity contribution in [2.24, 2.45) is 0 Å². The van der Waals surface area contributed by atoms with E-state index in [1.54, 1.807) is 13.0 Å². The van der Waals surface area contributed by atoms with Crippen molar-refractivity contribution in [2.75, 3.05) is 0 Å². The fourth-order valence-electron chi connectivity index (χ4n) is 7.13. The average molecular weight is 651 g/mol. The van der Waals surface area contributed by atoms with Crippen molar-refractivity contribution in [3.8, 4) is 39.9 Å². The van der Waals surface area contributed by atoms with E-state index >= 15 is 0 Å². The molecule has 0 N–H and O–H groups in total. The lowest BCUT2D eigenvalue weighted by Gasteiger charge is -2.12. The van der Waals surface area contributed by atoms with E-state index in [0.717, 1.165) is 83.0 Å². The normalized spacial score (nSPS) is 11.7. The van der Waals surface area contributed by atoms with Gasteiger partial charge >= 0.3 is 0 Å². The Morgan fingerprint density at radius 1 is 0.660 bits per heavy atom. The zero-order chi connectivity index (χ0) is 34.1. The Bertz CT molecular complexity index is 2840. The first kappa shape index (κ1) is 29.5. The Morgan fingerprint density at radius 3 is 2.16 bits per heavy atom. The van der Waals surface area contributed by atoms with Crippen LogP contribution >= 0.6 is 0 Å². The highest BCUT2D eigenvalue weighted by Crippen LogP contribution is 2.38. The molecule has 0 spiro atoms. The molecule has 50 heavy (non-hydrogen) atoms. The summed E-state index contributed by atoms with van der Waals surface area (Å²) in [5, 5.41) is 3.89. The van der Waals surface area contributed by atoms with Crippen molar-refractivity contribution in [3.05, 3.63) is 138 Å². The lowest BCUT2D eigenvalue weighted by Crippen LogP contribution is -2.11. The largest absolute Gasteiger partial charge is 0.456 e. The number of carbonyl (C=O) groups is 1. The van der Waals surface area contributed by atoms with E-state index in [9.17, 15) is 4.79 Å². The Kier molecular flexibility index (Phi) is 6.64. The third-order valence-corrected chi connectivity index (χ3v) is 9.54. The van der Waals surface area contributed by atoms with Gasteiger partial charge in [0.1, 0.15) is 22.5 Å². The Hall–Kier alpha value is -6.60. The number of Topliss-reactive ketones (excluding diaryl/α,β-unsaturated/α-hetero) is 1. The van der Waals surface area contributed by atoms with E-state index in [2.05, 4.69) is 30.8 Å². The van der Waals surface area contributed by atoms with Crippen molar-refractivity contribution in [2.45, 2.75) is 20.8 Å². The summed E-state index contributed by atoms with van der Waals surface area (Å²) in [6, 6.07) is 36.2. The Balaban J connectivity index is 1.29. The molecule has 0 atom stereocenters. The third kappa shape index (κ3) is 4.51. The predicted molar refractivity (Wildman–Crippen MR) is 200 cm³/mol. The molecule has 0 aliphatic carbocycles. The topological polar surface area (TPSA) is 87.0 Å². The minimum absolute atomic E-state index is 0.0844. The molecule has 0 radical (unpaired) electrons. The van der Waals surface area contributed by atoms with Crippen molar-refractivity contribution in [1.82, 2.24) is 19.5 Å².